The molecule has 1 aliphatic rings. The lowest BCUT2D eigenvalue weighted by Gasteiger charge is -2.25. The molecule has 0 heterocycles. The Morgan fingerprint density at radius 2 is 2.05 bits per heavy atom. The van der Waals surface area contributed by atoms with Crippen LogP contribution in [0.4, 0.5) is 0 Å². The Hall–Kier alpha value is -1.29. The van der Waals surface area contributed by atoms with Crippen LogP contribution in [0.2, 0.25) is 0 Å². The van der Waals surface area contributed by atoms with Crippen LogP contribution in [0.1, 0.15) is 51.4 Å². The van der Waals surface area contributed by atoms with E-state index in [1.165, 1.54) is 45.5 Å². The fourth-order valence-electron chi connectivity index (χ4n) is 2.84. The Bertz CT molecular complexity index is 371. The first kappa shape index (κ1) is 17.8. The van der Waals surface area contributed by atoms with Gasteiger partial charge in [0.1, 0.15) is 0 Å². The summed E-state index contributed by atoms with van der Waals surface area (Å²) in [6, 6.07) is 0. The number of aliphatic hydroxyl groups is 1. The van der Waals surface area contributed by atoms with Crippen LogP contribution in [0.5, 0.6) is 0 Å². The molecule has 0 radical (unpaired) electrons. The van der Waals surface area contributed by atoms with E-state index in [0.29, 0.717) is 5.92 Å². The molecule has 1 unspecified atom stereocenters. The minimum Gasteiger partial charge on any atom is -0.490 e. The van der Waals surface area contributed by atoms with Gasteiger partial charge < -0.3 is 14.6 Å². The number of allylic oxidation sites excluding steroid dienone is 3. The smallest absolute Gasteiger partial charge is 0.373 e. The van der Waals surface area contributed by atoms with E-state index in [9.17, 15) is 4.79 Å². The topological polar surface area (TPSA) is 55.8 Å². The van der Waals surface area contributed by atoms with Crippen LogP contribution in [-0.2, 0) is 14.3 Å². The third-order valence-electron chi connectivity index (χ3n) is 4.06. The van der Waals surface area contributed by atoms with Crippen molar-refractivity contribution < 1.29 is 19.4 Å². The van der Waals surface area contributed by atoms with Crippen molar-refractivity contribution in [3.8, 4) is 0 Å². The molecule has 1 rings (SSSR count). The maximum atomic E-state index is 11.5. The van der Waals surface area contributed by atoms with Gasteiger partial charge in [0.15, 0.2) is 0 Å². The molecule has 4 heteroatoms. The fraction of sp³-hybridized carbons (Fsp3) is 0.706. The summed E-state index contributed by atoms with van der Waals surface area (Å²) >= 11 is 0. The van der Waals surface area contributed by atoms with Crippen molar-refractivity contribution in [1.82, 2.24) is 0 Å². The Labute approximate surface area is 127 Å². The average molecular weight is 296 g/mol. The van der Waals surface area contributed by atoms with E-state index in [1.807, 2.05) is 6.08 Å². The fourth-order valence-corrected chi connectivity index (χ4v) is 2.84. The summed E-state index contributed by atoms with van der Waals surface area (Å²) in [6.07, 6.45) is 12.9. The number of rotatable bonds is 8. The molecule has 0 aromatic heterocycles. The zero-order valence-electron chi connectivity index (χ0n) is 13.3. The summed E-state index contributed by atoms with van der Waals surface area (Å²) in [5.74, 6) is 0.406. The lowest BCUT2D eigenvalue weighted by Crippen LogP contribution is -2.11. The molecule has 0 aromatic carbocycles. The van der Waals surface area contributed by atoms with E-state index in [1.54, 1.807) is 6.08 Å². The van der Waals surface area contributed by atoms with Crippen molar-refractivity contribution in [2.45, 2.75) is 51.4 Å². The molecule has 1 aliphatic carbocycles. The van der Waals surface area contributed by atoms with Gasteiger partial charge in [-0.3, -0.25) is 0 Å². The van der Waals surface area contributed by atoms with Gasteiger partial charge in [0.05, 0.1) is 14.2 Å². The molecule has 1 fully saturated rings. The highest BCUT2D eigenvalue weighted by Crippen LogP contribution is 2.33. The second-order valence-corrected chi connectivity index (χ2v) is 5.48. The van der Waals surface area contributed by atoms with E-state index in [4.69, 9.17) is 9.84 Å². The third kappa shape index (κ3) is 6.34. The zero-order valence-corrected chi connectivity index (χ0v) is 13.3. The van der Waals surface area contributed by atoms with Crippen LogP contribution in [0.15, 0.2) is 23.5 Å². The lowest BCUT2D eigenvalue weighted by molar-refractivity contribution is -0.139. The van der Waals surface area contributed by atoms with E-state index >= 15 is 0 Å². The standard InChI is InChI=1S/C17H28O4/c1-20-16(17(19)21-2)12-11-15-10-6-5-9-14(15)8-4-3-7-13-18/h11-12,14,18H,3-10,13H2,1-2H3. The van der Waals surface area contributed by atoms with Crippen LogP contribution in [0, 0.1) is 5.92 Å². The molecule has 0 amide bonds. The highest BCUT2D eigenvalue weighted by atomic mass is 16.6. The summed E-state index contributed by atoms with van der Waals surface area (Å²) in [4.78, 5) is 11.5. The summed E-state index contributed by atoms with van der Waals surface area (Å²) < 4.78 is 9.73. The first-order valence-corrected chi connectivity index (χ1v) is 7.86. The van der Waals surface area contributed by atoms with Crippen molar-refractivity contribution in [2.24, 2.45) is 5.92 Å². The van der Waals surface area contributed by atoms with Crippen LogP contribution >= 0.6 is 0 Å². The number of carbonyl (C=O) groups excluding carboxylic acids is 1. The number of unbranched alkanes of at least 4 members (excludes halogenated alkanes) is 2. The van der Waals surface area contributed by atoms with E-state index < -0.39 is 5.97 Å². The predicted octanol–water partition coefficient (Wildman–Crippen LogP) is 3.36. The molecule has 0 aromatic rings. The number of ether oxygens (including phenoxy) is 2. The van der Waals surface area contributed by atoms with Gasteiger partial charge in [-0.2, -0.15) is 0 Å². The largest absolute Gasteiger partial charge is 0.490 e. The van der Waals surface area contributed by atoms with Crippen molar-refractivity contribution in [1.29, 1.82) is 0 Å². The van der Waals surface area contributed by atoms with Gasteiger partial charge in [0.25, 0.3) is 0 Å². The average Bonchev–Trinajstić information content (AvgIpc) is 2.53. The molecule has 0 saturated heterocycles. The van der Waals surface area contributed by atoms with E-state index in [2.05, 4.69) is 4.74 Å². The Kier molecular flexibility index (Phi) is 8.83. The molecule has 0 spiro atoms. The summed E-state index contributed by atoms with van der Waals surface area (Å²) in [5.41, 5.74) is 1.41. The van der Waals surface area contributed by atoms with Gasteiger partial charge in [0, 0.05) is 6.61 Å². The monoisotopic (exact) mass is 296 g/mol. The first-order valence-electron chi connectivity index (χ1n) is 7.86. The highest BCUT2D eigenvalue weighted by Gasteiger charge is 2.18. The Morgan fingerprint density at radius 3 is 2.71 bits per heavy atom. The van der Waals surface area contributed by atoms with Crippen molar-refractivity contribution in [2.75, 3.05) is 20.8 Å². The quantitative estimate of drug-likeness (QED) is 0.323. The van der Waals surface area contributed by atoms with Gasteiger partial charge in [-0.1, -0.05) is 30.9 Å². The molecular weight excluding hydrogens is 268 g/mol. The second kappa shape index (κ2) is 10.4. The number of hydrogen-bond acceptors (Lipinski definition) is 4. The van der Waals surface area contributed by atoms with Gasteiger partial charge >= 0.3 is 5.97 Å². The minimum absolute atomic E-state index is 0.245. The summed E-state index contributed by atoms with van der Waals surface area (Å²) in [6.45, 7) is 0.284. The maximum absolute atomic E-state index is 11.5. The van der Waals surface area contributed by atoms with Crippen LogP contribution in [0.25, 0.3) is 0 Å². The minimum atomic E-state index is -0.440. The predicted molar refractivity (Wildman–Crippen MR) is 82.7 cm³/mol. The SMILES string of the molecule is COC(=O)C(=CC=C1CCCCC1CCCCCO)OC. The number of carbonyl (C=O) groups is 1. The number of methoxy groups -OCH3 is 2. The molecule has 120 valence electrons. The van der Waals surface area contributed by atoms with E-state index in [0.717, 1.165) is 25.7 Å². The Balaban J connectivity index is 2.64. The molecule has 1 N–H and O–H groups in total. The molecule has 21 heavy (non-hydrogen) atoms. The van der Waals surface area contributed by atoms with Crippen LogP contribution in [-0.4, -0.2) is 31.9 Å². The van der Waals surface area contributed by atoms with Gasteiger partial charge in [-0.15, -0.1) is 0 Å². The van der Waals surface area contributed by atoms with Crippen molar-refractivity contribution in [3.05, 3.63) is 23.5 Å². The van der Waals surface area contributed by atoms with Gasteiger partial charge in [0.2, 0.25) is 5.76 Å². The zero-order chi connectivity index (χ0) is 15.5. The first-order chi connectivity index (χ1) is 10.2. The second-order valence-electron chi connectivity index (χ2n) is 5.48. The van der Waals surface area contributed by atoms with Crippen molar-refractivity contribution in [3.63, 3.8) is 0 Å². The van der Waals surface area contributed by atoms with Gasteiger partial charge in [-0.05, 0) is 44.1 Å². The van der Waals surface area contributed by atoms with Gasteiger partial charge in [-0.25, -0.2) is 4.79 Å². The van der Waals surface area contributed by atoms with Crippen LogP contribution in [0.3, 0.4) is 0 Å². The molecule has 0 aliphatic heterocycles. The molecule has 1 saturated carbocycles. The number of aliphatic hydroxyl groups excluding tert-OH is 1. The molecule has 4 nitrogen and oxygen atoms in total. The lowest BCUT2D eigenvalue weighted by atomic mass is 9.81. The van der Waals surface area contributed by atoms with Crippen molar-refractivity contribution >= 4 is 5.97 Å². The van der Waals surface area contributed by atoms with E-state index in [-0.39, 0.29) is 12.4 Å². The molecular formula is C17H28O4. The summed E-state index contributed by atoms with van der Waals surface area (Å²) in [7, 11) is 2.83. The molecule has 0 bridgehead atoms. The normalized spacial score (nSPS) is 21.4. The van der Waals surface area contributed by atoms with Crippen LogP contribution < -0.4 is 0 Å². The number of esters is 1. The third-order valence-corrected chi connectivity index (χ3v) is 4.06. The summed E-state index contributed by atoms with van der Waals surface area (Å²) in [5, 5.41) is 8.83. The maximum Gasteiger partial charge on any atom is 0.373 e. The Morgan fingerprint density at radius 1 is 1.24 bits per heavy atom. The highest BCUT2D eigenvalue weighted by molar-refractivity contribution is 5.86. The molecule has 1 atom stereocenters. The number of hydrogen-bond donors (Lipinski definition) is 1.